The van der Waals surface area contributed by atoms with Gasteiger partial charge in [0.2, 0.25) is 0 Å². The molecular formula is C17H37N3O. The van der Waals surface area contributed by atoms with Crippen molar-refractivity contribution in [2.75, 3.05) is 47.3 Å². The van der Waals surface area contributed by atoms with Gasteiger partial charge in [-0.15, -0.1) is 0 Å². The molecule has 0 radical (unpaired) electrons. The highest BCUT2D eigenvalue weighted by Gasteiger charge is 2.53. The fraction of sp³-hybridized carbons (Fsp3) is 1.00. The van der Waals surface area contributed by atoms with Crippen LogP contribution in [-0.2, 0) is 4.74 Å². The Labute approximate surface area is 132 Å². The molecule has 0 amide bonds. The lowest BCUT2D eigenvalue weighted by molar-refractivity contribution is -0.0794. The van der Waals surface area contributed by atoms with Crippen molar-refractivity contribution in [3.8, 4) is 0 Å². The third kappa shape index (κ3) is 4.92. The van der Waals surface area contributed by atoms with Crippen LogP contribution in [-0.4, -0.2) is 74.4 Å². The van der Waals surface area contributed by atoms with Crippen LogP contribution in [0, 0.1) is 5.92 Å². The van der Waals surface area contributed by atoms with E-state index in [1.807, 2.05) is 0 Å². The van der Waals surface area contributed by atoms with E-state index in [0.29, 0.717) is 12.0 Å². The molecule has 1 aliphatic rings. The first-order valence-corrected chi connectivity index (χ1v) is 8.38. The van der Waals surface area contributed by atoms with Crippen LogP contribution >= 0.6 is 0 Å². The van der Waals surface area contributed by atoms with Gasteiger partial charge in [-0.3, -0.25) is 0 Å². The average molecular weight is 300 g/mol. The number of nitrogens with one attached hydrogen (secondary N) is 1. The van der Waals surface area contributed by atoms with Gasteiger partial charge in [0.15, 0.2) is 0 Å². The minimum Gasteiger partial charge on any atom is -0.368 e. The summed E-state index contributed by atoms with van der Waals surface area (Å²) in [5, 5.41) is 3.51. The standard InChI is InChI=1S/C17H37N3O/c1-9-10-20(12-11-19(7)8)13-14-15(18-6)17(4,5)21-16(14,2)3/h14-15,18H,9-13H2,1-8H3. The summed E-state index contributed by atoms with van der Waals surface area (Å²) in [6.07, 6.45) is 1.20. The van der Waals surface area contributed by atoms with Crippen molar-refractivity contribution in [2.45, 2.75) is 58.3 Å². The van der Waals surface area contributed by atoms with Gasteiger partial charge >= 0.3 is 0 Å². The topological polar surface area (TPSA) is 27.7 Å². The zero-order valence-corrected chi connectivity index (χ0v) is 15.5. The van der Waals surface area contributed by atoms with Crippen LogP contribution in [0.5, 0.6) is 0 Å². The number of hydrogen-bond donors (Lipinski definition) is 1. The summed E-state index contributed by atoms with van der Waals surface area (Å²) in [4.78, 5) is 4.86. The van der Waals surface area contributed by atoms with Gasteiger partial charge in [0.05, 0.1) is 11.2 Å². The summed E-state index contributed by atoms with van der Waals surface area (Å²) >= 11 is 0. The van der Waals surface area contributed by atoms with Gasteiger partial charge < -0.3 is 19.9 Å². The highest BCUT2D eigenvalue weighted by molar-refractivity contribution is 5.05. The molecule has 1 saturated heterocycles. The molecular weight excluding hydrogens is 262 g/mol. The molecule has 1 aliphatic heterocycles. The van der Waals surface area contributed by atoms with E-state index in [2.05, 4.69) is 70.9 Å². The molecule has 0 spiro atoms. The Morgan fingerprint density at radius 2 is 1.62 bits per heavy atom. The molecule has 2 unspecified atom stereocenters. The lowest BCUT2D eigenvalue weighted by Crippen LogP contribution is -2.50. The largest absolute Gasteiger partial charge is 0.368 e. The van der Waals surface area contributed by atoms with Gasteiger partial charge in [0.1, 0.15) is 0 Å². The van der Waals surface area contributed by atoms with Crippen LogP contribution < -0.4 is 5.32 Å². The van der Waals surface area contributed by atoms with Crippen LogP contribution in [0.15, 0.2) is 0 Å². The lowest BCUT2D eigenvalue weighted by atomic mass is 9.82. The predicted molar refractivity (Wildman–Crippen MR) is 90.9 cm³/mol. The maximum atomic E-state index is 6.36. The van der Waals surface area contributed by atoms with Gasteiger partial charge in [0.25, 0.3) is 0 Å². The molecule has 1 rings (SSSR count). The van der Waals surface area contributed by atoms with Crippen molar-refractivity contribution in [1.29, 1.82) is 0 Å². The molecule has 0 aromatic heterocycles. The van der Waals surface area contributed by atoms with Gasteiger partial charge in [-0.1, -0.05) is 6.92 Å². The molecule has 21 heavy (non-hydrogen) atoms. The zero-order valence-electron chi connectivity index (χ0n) is 15.5. The quantitative estimate of drug-likeness (QED) is 0.742. The van der Waals surface area contributed by atoms with Gasteiger partial charge in [-0.2, -0.15) is 0 Å². The minimum absolute atomic E-state index is 0.0821. The van der Waals surface area contributed by atoms with E-state index >= 15 is 0 Å². The van der Waals surface area contributed by atoms with Crippen molar-refractivity contribution >= 4 is 0 Å². The van der Waals surface area contributed by atoms with E-state index < -0.39 is 0 Å². The molecule has 2 atom stereocenters. The summed E-state index contributed by atoms with van der Waals surface area (Å²) in [6, 6.07) is 0.395. The number of ether oxygens (including phenoxy) is 1. The van der Waals surface area contributed by atoms with Gasteiger partial charge in [0, 0.05) is 31.6 Å². The molecule has 0 aromatic carbocycles. The van der Waals surface area contributed by atoms with Crippen molar-refractivity contribution in [1.82, 2.24) is 15.1 Å². The van der Waals surface area contributed by atoms with Crippen molar-refractivity contribution < 1.29 is 4.74 Å². The molecule has 1 N–H and O–H groups in total. The van der Waals surface area contributed by atoms with Crippen LogP contribution in [0.1, 0.15) is 41.0 Å². The molecule has 4 nitrogen and oxygen atoms in total. The van der Waals surface area contributed by atoms with E-state index in [1.54, 1.807) is 0 Å². The molecule has 126 valence electrons. The summed E-state index contributed by atoms with van der Waals surface area (Å²) in [5.74, 6) is 0.506. The minimum atomic E-state index is -0.109. The van der Waals surface area contributed by atoms with E-state index in [9.17, 15) is 0 Å². The summed E-state index contributed by atoms with van der Waals surface area (Å²) < 4.78 is 6.36. The first-order chi connectivity index (χ1) is 9.64. The zero-order chi connectivity index (χ0) is 16.3. The Balaban J connectivity index is 2.79. The van der Waals surface area contributed by atoms with Crippen molar-refractivity contribution in [2.24, 2.45) is 5.92 Å². The highest BCUT2D eigenvalue weighted by Crippen LogP contribution is 2.42. The first-order valence-electron chi connectivity index (χ1n) is 8.38. The maximum absolute atomic E-state index is 6.36. The summed E-state index contributed by atoms with van der Waals surface area (Å²) in [6.45, 7) is 15.7. The second-order valence-corrected chi connectivity index (χ2v) is 7.79. The molecule has 0 aliphatic carbocycles. The third-order valence-corrected chi connectivity index (χ3v) is 4.74. The molecule has 0 bridgehead atoms. The number of nitrogens with zero attached hydrogens (tertiary/aromatic N) is 2. The van der Waals surface area contributed by atoms with Crippen LogP contribution in [0.2, 0.25) is 0 Å². The molecule has 0 aromatic rings. The molecule has 1 fully saturated rings. The predicted octanol–water partition coefficient (Wildman–Crippen LogP) is 2.05. The smallest absolute Gasteiger partial charge is 0.0790 e. The number of likely N-dealkylation sites (N-methyl/N-ethyl adjacent to an activating group) is 2. The molecule has 1 heterocycles. The van der Waals surface area contributed by atoms with E-state index in [1.165, 1.54) is 6.42 Å². The molecule has 0 saturated carbocycles. The SMILES string of the molecule is CCCN(CCN(C)C)CC1C(NC)C(C)(C)OC1(C)C. The van der Waals surface area contributed by atoms with E-state index in [-0.39, 0.29) is 11.2 Å². The number of rotatable bonds is 8. The Morgan fingerprint density at radius 3 is 2.10 bits per heavy atom. The van der Waals surface area contributed by atoms with Crippen molar-refractivity contribution in [3.63, 3.8) is 0 Å². The lowest BCUT2D eigenvalue weighted by Gasteiger charge is -2.34. The van der Waals surface area contributed by atoms with Gasteiger partial charge in [-0.25, -0.2) is 0 Å². The fourth-order valence-electron chi connectivity index (χ4n) is 3.81. The summed E-state index contributed by atoms with van der Waals surface area (Å²) in [7, 11) is 6.35. The maximum Gasteiger partial charge on any atom is 0.0790 e. The monoisotopic (exact) mass is 299 g/mol. The molecule has 4 heteroatoms. The normalized spacial score (nSPS) is 27.7. The Morgan fingerprint density at radius 1 is 1.00 bits per heavy atom. The summed E-state index contributed by atoms with van der Waals surface area (Å²) in [5.41, 5.74) is -0.191. The average Bonchev–Trinajstić information content (AvgIpc) is 2.50. The Hall–Kier alpha value is -0.160. The van der Waals surface area contributed by atoms with Crippen LogP contribution in [0.3, 0.4) is 0 Å². The second kappa shape index (κ2) is 7.40. The second-order valence-electron chi connectivity index (χ2n) is 7.79. The van der Waals surface area contributed by atoms with Crippen molar-refractivity contribution in [3.05, 3.63) is 0 Å². The van der Waals surface area contributed by atoms with Crippen LogP contribution in [0.25, 0.3) is 0 Å². The fourth-order valence-corrected chi connectivity index (χ4v) is 3.81. The Kier molecular flexibility index (Phi) is 6.66. The number of hydrogen-bond acceptors (Lipinski definition) is 4. The highest BCUT2D eigenvalue weighted by atomic mass is 16.5. The van der Waals surface area contributed by atoms with E-state index in [4.69, 9.17) is 4.74 Å². The van der Waals surface area contributed by atoms with E-state index in [0.717, 1.165) is 26.2 Å². The third-order valence-electron chi connectivity index (χ3n) is 4.74. The Bertz CT molecular complexity index is 315. The van der Waals surface area contributed by atoms with Crippen LogP contribution in [0.4, 0.5) is 0 Å². The first kappa shape index (κ1) is 18.9. The van der Waals surface area contributed by atoms with Gasteiger partial charge in [-0.05, 0) is 61.8 Å².